The SMILES string of the molecule is CCOC(=O)C1=C(C)N=c2s/c(=C/c3ccc(-c4ccc([N+](=O)[O-])cc4OC)o3)c(=O)n2[C@H]1c1ccccc1OC(C)C. The summed E-state index contributed by atoms with van der Waals surface area (Å²) < 4.78 is 24.6. The Kier molecular flexibility index (Phi) is 8.31. The van der Waals surface area contributed by atoms with Crippen molar-refractivity contribution in [2.45, 2.75) is 39.8 Å². The third-order valence-electron chi connectivity index (χ3n) is 6.65. The number of thiazole rings is 1. The molecule has 4 aromatic rings. The summed E-state index contributed by atoms with van der Waals surface area (Å²) in [5.74, 6) is 1.04. The van der Waals surface area contributed by atoms with E-state index in [2.05, 4.69) is 4.99 Å². The van der Waals surface area contributed by atoms with Crippen molar-refractivity contribution < 1.29 is 28.3 Å². The Morgan fingerprint density at radius 2 is 1.95 bits per heavy atom. The summed E-state index contributed by atoms with van der Waals surface area (Å²) in [4.78, 5) is 42.9. The van der Waals surface area contributed by atoms with Crippen molar-refractivity contribution >= 4 is 29.1 Å². The molecular weight excluding hydrogens is 574 g/mol. The highest BCUT2D eigenvalue weighted by Gasteiger charge is 2.35. The molecule has 11 nitrogen and oxygen atoms in total. The molecule has 43 heavy (non-hydrogen) atoms. The predicted molar refractivity (Wildman–Crippen MR) is 160 cm³/mol. The smallest absolute Gasteiger partial charge is 0.338 e. The topological polar surface area (TPSA) is 135 Å². The quantitative estimate of drug-likeness (QED) is 0.152. The number of para-hydroxylation sites is 1. The van der Waals surface area contributed by atoms with Crippen molar-refractivity contribution in [3.8, 4) is 22.8 Å². The summed E-state index contributed by atoms with van der Waals surface area (Å²) in [6.45, 7) is 7.41. The fraction of sp³-hybridized carbons (Fsp3) is 0.258. The van der Waals surface area contributed by atoms with Gasteiger partial charge < -0.3 is 18.6 Å². The van der Waals surface area contributed by atoms with Gasteiger partial charge in [0.25, 0.3) is 11.2 Å². The second-order valence-electron chi connectivity index (χ2n) is 9.85. The average Bonchev–Trinajstić information content (AvgIpc) is 3.56. The van der Waals surface area contributed by atoms with Crippen LogP contribution in [0.25, 0.3) is 17.4 Å². The van der Waals surface area contributed by atoms with Crippen molar-refractivity contribution in [3.63, 3.8) is 0 Å². The minimum atomic E-state index is -0.830. The van der Waals surface area contributed by atoms with Crippen LogP contribution in [0.4, 0.5) is 5.69 Å². The Hall–Kier alpha value is -4.97. The number of methoxy groups -OCH3 is 1. The number of furan rings is 1. The maximum absolute atomic E-state index is 14.0. The van der Waals surface area contributed by atoms with Crippen LogP contribution in [0.15, 0.2) is 80.1 Å². The molecule has 1 aliphatic rings. The maximum atomic E-state index is 14.0. The summed E-state index contributed by atoms with van der Waals surface area (Å²) in [6.07, 6.45) is 1.46. The minimum Gasteiger partial charge on any atom is -0.496 e. The van der Waals surface area contributed by atoms with Crippen LogP contribution in [-0.2, 0) is 9.53 Å². The number of benzene rings is 2. The van der Waals surface area contributed by atoms with Crippen LogP contribution in [0.5, 0.6) is 11.5 Å². The molecule has 0 spiro atoms. The number of rotatable bonds is 9. The second-order valence-corrected chi connectivity index (χ2v) is 10.9. The Morgan fingerprint density at radius 3 is 2.65 bits per heavy atom. The molecule has 1 atom stereocenters. The molecule has 2 aromatic heterocycles. The van der Waals surface area contributed by atoms with E-state index in [4.69, 9.17) is 18.6 Å². The van der Waals surface area contributed by atoms with E-state index in [0.717, 1.165) is 0 Å². The molecule has 0 saturated heterocycles. The standard InChI is InChI=1S/C31H29N3O8S/c1-6-40-30(36)27-18(4)32-31-33(28(27)22-9-7-8-10-23(22)41-17(2)3)29(35)26(43-31)16-20-12-14-24(42-20)21-13-11-19(34(37)38)15-25(21)39-5/h7-17,28H,6H2,1-5H3/b26-16+/t28-/m0/s1. The van der Waals surface area contributed by atoms with E-state index in [-0.39, 0.29) is 35.3 Å². The fourth-order valence-electron chi connectivity index (χ4n) is 4.85. The summed E-state index contributed by atoms with van der Waals surface area (Å²) in [6, 6.07) is 14.1. The molecule has 2 aromatic carbocycles. The van der Waals surface area contributed by atoms with Gasteiger partial charge in [-0.25, -0.2) is 9.79 Å². The summed E-state index contributed by atoms with van der Waals surface area (Å²) in [5.41, 5.74) is 1.37. The number of nitro groups is 1. The van der Waals surface area contributed by atoms with Gasteiger partial charge in [0.1, 0.15) is 29.1 Å². The number of allylic oxidation sites excluding steroid dienone is 1. The van der Waals surface area contributed by atoms with Gasteiger partial charge in [-0.3, -0.25) is 19.5 Å². The number of fused-ring (bicyclic) bond motifs is 1. The molecule has 1 aliphatic heterocycles. The first kappa shape index (κ1) is 29.5. The number of nitro benzene ring substituents is 1. The first-order valence-electron chi connectivity index (χ1n) is 13.5. The van der Waals surface area contributed by atoms with Gasteiger partial charge in [-0.05, 0) is 52.0 Å². The van der Waals surface area contributed by atoms with Gasteiger partial charge in [0.05, 0.1) is 52.2 Å². The van der Waals surface area contributed by atoms with Crippen molar-refractivity contribution in [1.29, 1.82) is 0 Å². The number of non-ortho nitro benzene ring substituents is 1. The van der Waals surface area contributed by atoms with Crippen LogP contribution in [0.3, 0.4) is 0 Å². The van der Waals surface area contributed by atoms with E-state index in [9.17, 15) is 19.7 Å². The predicted octanol–water partition coefficient (Wildman–Crippen LogP) is 4.76. The summed E-state index contributed by atoms with van der Waals surface area (Å²) >= 11 is 1.17. The Bertz CT molecular complexity index is 1930. The third-order valence-corrected chi connectivity index (χ3v) is 7.64. The zero-order valence-electron chi connectivity index (χ0n) is 24.2. The van der Waals surface area contributed by atoms with Crippen LogP contribution in [0.2, 0.25) is 0 Å². The molecule has 0 radical (unpaired) electrons. The molecule has 0 bridgehead atoms. The van der Waals surface area contributed by atoms with Crippen molar-refractivity contribution in [3.05, 3.63) is 107 Å². The number of carbonyl (C=O) groups is 1. The maximum Gasteiger partial charge on any atom is 0.338 e. The van der Waals surface area contributed by atoms with Crippen LogP contribution < -0.4 is 24.4 Å². The normalized spacial score (nSPS) is 14.8. The molecule has 5 rings (SSSR count). The highest BCUT2D eigenvalue weighted by Crippen LogP contribution is 2.37. The zero-order valence-corrected chi connectivity index (χ0v) is 25.0. The Balaban J connectivity index is 1.64. The highest BCUT2D eigenvalue weighted by molar-refractivity contribution is 7.07. The molecule has 3 heterocycles. The zero-order chi connectivity index (χ0) is 30.8. The van der Waals surface area contributed by atoms with Crippen LogP contribution in [0.1, 0.15) is 45.1 Å². The Morgan fingerprint density at radius 1 is 1.19 bits per heavy atom. The van der Waals surface area contributed by atoms with Gasteiger partial charge >= 0.3 is 5.97 Å². The van der Waals surface area contributed by atoms with E-state index in [0.29, 0.717) is 43.4 Å². The number of ether oxygens (including phenoxy) is 3. The lowest BCUT2D eigenvalue weighted by atomic mass is 9.95. The monoisotopic (exact) mass is 603 g/mol. The molecule has 0 unspecified atom stereocenters. The van der Waals surface area contributed by atoms with Crippen LogP contribution >= 0.6 is 11.3 Å². The number of carbonyl (C=O) groups excluding carboxylic acids is 1. The van der Waals surface area contributed by atoms with Gasteiger partial charge in [-0.15, -0.1) is 0 Å². The van der Waals surface area contributed by atoms with Crippen molar-refractivity contribution in [1.82, 2.24) is 4.57 Å². The van der Waals surface area contributed by atoms with E-state index >= 15 is 0 Å². The molecule has 0 amide bonds. The van der Waals surface area contributed by atoms with E-state index < -0.39 is 16.9 Å². The van der Waals surface area contributed by atoms with E-state index in [1.807, 2.05) is 32.0 Å². The van der Waals surface area contributed by atoms with Gasteiger partial charge in [0.2, 0.25) is 0 Å². The first-order chi connectivity index (χ1) is 20.6. The summed E-state index contributed by atoms with van der Waals surface area (Å²) in [5, 5.41) is 11.2. The number of aromatic nitrogens is 1. The van der Waals surface area contributed by atoms with Gasteiger partial charge in [-0.2, -0.15) is 0 Å². The largest absolute Gasteiger partial charge is 0.496 e. The average molecular weight is 604 g/mol. The van der Waals surface area contributed by atoms with Crippen LogP contribution in [0, 0.1) is 10.1 Å². The number of nitrogens with zero attached hydrogens (tertiary/aromatic N) is 3. The van der Waals surface area contributed by atoms with Gasteiger partial charge in [-0.1, -0.05) is 29.5 Å². The molecule has 222 valence electrons. The Labute approximate surface area is 250 Å². The molecular formula is C31H29N3O8S. The lowest BCUT2D eigenvalue weighted by molar-refractivity contribution is -0.384. The number of esters is 1. The summed E-state index contributed by atoms with van der Waals surface area (Å²) in [7, 11) is 1.42. The molecule has 12 heteroatoms. The van der Waals surface area contributed by atoms with Crippen molar-refractivity contribution in [2.75, 3.05) is 13.7 Å². The van der Waals surface area contributed by atoms with Crippen molar-refractivity contribution in [2.24, 2.45) is 4.99 Å². The lowest BCUT2D eigenvalue weighted by Gasteiger charge is -2.26. The molecule has 0 aliphatic carbocycles. The number of hydrogen-bond donors (Lipinski definition) is 0. The second kappa shape index (κ2) is 12.1. The van der Waals surface area contributed by atoms with Crippen LogP contribution in [-0.4, -0.2) is 35.3 Å². The molecule has 0 N–H and O–H groups in total. The molecule has 0 fully saturated rings. The highest BCUT2D eigenvalue weighted by atomic mass is 32.1. The van der Waals surface area contributed by atoms with Gasteiger partial charge in [0, 0.05) is 17.7 Å². The fourth-order valence-corrected chi connectivity index (χ4v) is 5.88. The lowest BCUT2D eigenvalue weighted by Crippen LogP contribution is -2.40. The first-order valence-corrected chi connectivity index (χ1v) is 14.3. The van der Waals surface area contributed by atoms with E-state index in [1.54, 1.807) is 44.2 Å². The minimum absolute atomic E-state index is 0.110. The van der Waals surface area contributed by atoms with E-state index in [1.165, 1.54) is 35.1 Å². The molecule has 0 saturated carbocycles. The third kappa shape index (κ3) is 5.73. The number of hydrogen-bond acceptors (Lipinski definition) is 10. The van der Waals surface area contributed by atoms with Gasteiger partial charge in [0.15, 0.2) is 4.80 Å².